The minimum Gasteiger partial charge on any atom is -0.364 e. The number of benzene rings is 1. The van der Waals surface area contributed by atoms with E-state index in [1.165, 1.54) is 0 Å². The van der Waals surface area contributed by atoms with Crippen LogP contribution in [0.15, 0.2) is 48.7 Å². The van der Waals surface area contributed by atoms with Crippen molar-refractivity contribution in [2.24, 2.45) is 0 Å². The molecular weight excluding hydrogens is 172 g/mol. The molecule has 2 aromatic rings. The molecule has 0 aliphatic carbocycles. The molecule has 14 heavy (non-hydrogen) atoms. The Hall–Kier alpha value is -2.01. The number of nitrogens with zero attached hydrogens (tertiary/aromatic N) is 1. The molecule has 1 aromatic carbocycles. The molecule has 1 heterocycles. The summed E-state index contributed by atoms with van der Waals surface area (Å²) in [6, 6.07) is 15.9. The Bertz CT molecular complexity index is 423. The zero-order chi connectivity index (χ0) is 9.80. The van der Waals surface area contributed by atoms with E-state index in [-0.39, 0.29) is 5.92 Å². The van der Waals surface area contributed by atoms with E-state index < -0.39 is 0 Å². The molecule has 2 heteroatoms. The molecule has 0 aliphatic heterocycles. The smallest absolute Gasteiger partial charge is 0.111 e. The van der Waals surface area contributed by atoms with Crippen LogP contribution in [-0.2, 0) is 0 Å². The molecule has 1 N–H and O–H groups in total. The first-order valence-corrected chi connectivity index (χ1v) is 4.49. The largest absolute Gasteiger partial charge is 0.364 e. The maximum absolute atomic E-state index is 9.08. The van der Waals surface area contributed by atoms with Crippen LogP contribution in [0.25, 0.3) is 0 Å². The summed E-state index contributed by atoms with van der Waals surface area (Å²) in [5, 5.41) is 9.08. The van der Waals surface area contributed by atoms with Gasteiger partial charge >= 0.3 is 0 Å². The fourth-order valence-electron chi connectivity index (χ4n) is 1.49. The van der Waals surface area contributed by atoms with Crippen LogP contribution in [-0.4, -0.2) is 4.98 Å². The summed E-state index contributed by atoms with van der Waals surface area (Å²) in [6.07, 6.45) is 1.84. The molecule has 1 aromatic heterocycles. The number of rotatable bonds is 2. The fourth-order valence-corrected chi connectivity index (χ4v) is 1.49. The van der Waals surface area contributed by atoms with Gasteiger partial charge in [-0.15, -0.1) is 0 Å². The van der Waals surface area contributed by atoms with Crippen LogP contribution in [0, 0.1) is 11.3 Å². The molecule has 1 unspecified atom stereocenters. The first-order valence-electron chi connectivity index (χ1n) is 4.49. The maximum atomic E-state index is 9.08. The van der Waals surface area contributed by atoms with Crippen LogP contribution < -0.4 is 0 Å². The number of nitrogens with one attached hydrogen (secondary N) is 1. The van der Waals surface area contributed by atoms with E-state index in [2.05, 4.69) is 11.1 Å². The molecule has 0 saturated heterocycles. The second-order valence-electron chi connectivity index (χ2n) is 3.10. The van der Waals surface area contributed by atoms with E-state index in [0.29, 0.717) is 0 Å². The summed E-state index contributed by atoms with van der Waals surface area (Å²) >= 11 is 0. The van der Waals surface area contributed by atoms with Gasteiger partial charge < -0.3 is 4.98 Å². The summed E-state index contributed by atoms with van der Waals surface area (Å²) in [4.78, 5) is 3.06. The summed E-state index contributed by atoms with van der Waals surface area (Å²) < 4.78 is 0. The van der Waals surface area contributed by atoms with Crippen LogP contribution in [0.1, 0.15) is 17.2 Å². The predicted octanol–water partition coefficient (Wildman–Crippen LogP) is 2.67. The molecule has 0 aliphatic rings. The van der Waals surface area contributed by atoms with Gasteiger partial charge in [-0.3, -0.25) is 0 Å². The van der Waals surface area contributed by atoms with Crippen LogP contribution in [0.4, 0.5) is 0 Å². The lowest BCUT2D eigenvalue weighted by Crippen LogP contribution is -1.97. The van der Waals surface area contributed by atoms with Gasteiger partial charge in [0.25, 0.3) is 0 Å². The van der Waals surface area contributed by atoms with Crippen molar-refractivity contribution in [1.29, 1.82) is 5.26 Å². The SMILES string of the molecule is N#CC(c1ccccc1)c1ccc[nH]1. The van der Waals surface area contributed by atoms with Gasteiger partial charge in [-0.2, -0.15) is 5.26 Å². The van der Waals surface area contributed by atoms with Gasteiger partial charge in [0.2, 0.25) is 0 Å². The maximum Gasteiger partial charge on any atom is 0.111 e. The van der Waals surface area contributed by atoms with E-state index >= 15 is 0 Å². The van der Waals surface area contributed by atoms with E-state index in [0.717, 1.165) is 11.3 Å². The molecule has 0 spiro atoms. The Morgan fingerprint density at radius 1 is 1.07 bits per heavy atom. The highest BCUT2D eigenvalue weighted by atomic mass is 14.7. The number of aromatic amines is 1. The number of aromatic nitrogens is 1. The highest BCUT2D eigenvalue weighted by Crippen LogP contribution is 2.21. The van der Waals surface area contributed by atoms with E-state index in [1.807, 2.05) is 48.7 Å². The molecule has 0 saturated carbocycles. The third-order valence-electron chi connectivity index (χ3n) is 2.20. The Balaban J connectivity index is 2.38. The van der Waals surface area contributed by atoms with Gasteiger partial charge in [0, 0.05) is 11.9 Å². The highest BCUT2D eigenvalue weighted by Gasteiger charge is 2.12. The molecular formula is C12H10N2. The van der Waals surface area contributed by atoms with Gasteiger partial charge in [0.05, 0.1) is 6.07 Å². The van der Waals surface area contributed by atoms with Gasteiger partial charge in [-0.05, 0) is 17.7 Å². The first-order chi connectivity index (χ1) is 6.92. The first kappa shape index (κ1) is 8.58. The van der Waals surface area contributed by atoms with E-state index in [9.17, 15) is 0 Å². The lowest BCUT2D eigenvalue weighted by molar-refractivity contribution is 0.985. The van der Waals surface area contributed by atoms with Gasteiger partial charge in [-0.1, -0.05) is 30.3 Å². The minimum absolute atomic E-state index is 0.189. The molecule has 0 fully saturated rings. The molecule has 0 amide bonds. The van der Waals surface area contributed by atoms with Crippen molar-refractivity contribution in [3.05, 3.63) is 59.9 Å². The fraction of sp³-hybridized carbons (Fsp3) is 0.0833. The van der Waals surface area contributed by atoms with Gasteiger partial charge in [0.1, 0.15) is 5.92 Å². The second kappa shape index (κ2) is 3.80. The Kier molecular flexibility index (Phi) is 2.33. The third-order valence-corrected chi connectivity index (χ3v) is 2.20. The Morgan fingerprint density at radius 3 is 2.43 bits per heavy atom. The van der Waals surface area contributed by atoms with Crippen molar-refractivity contribution < 1.29 is 0 Å². The quantitative estimate of drug-likeness (QED) is 0.762. The molecule has 2 rings (SSSR count). The van der Waals surface area contributed by atoms with E-state index in [4.69, 9.17) is 5.26 Å². The lowest BCUT2D eigenvalue weighted by atomic mass is 9.98. The van der Waals surface area contributed by atoms with Crippen molar-refractivity contribution in [2.75, 3.05) is 0 Å². The Labute approximate surface area is 82.8 Å². The number of hydrogen-bond acceptors (Lipinski definition) is 1. The van der Waals surface area contributed by atoms with Crippen LogP contribution in [0.5, 0.6) is 0 Å². The van der Waals surface area contributed by atoms with Gasteiger partial charge in [-0.25, -0.2) is 0 Å². The monoisotopic (exact) mass is 182 g/mol. The summed E-state index contributed by atoms with van der Waals surface area (Å²) in [5.41, 5.74) is 1.97. The average Bonchev–Trinajstić information content (AvgIpc) is 2.74. The topological polar surface area (TPSA) is 39.6 Å². The minimum atomic E-state index is -0.189. The summed E-state index contributed by atoms with van der Waals surface area (Å²) in [6.45, 7) is 0. The Morgan fingerprint density at radius 2 is 1.86 bits per heavy atom. The van der Waals surface area contributed by atoms with Crippen molar-refractivity contribution in [2.45, 2.75) is 5.92 Å². The summed E-state index contributed by atoms with van der Waals surface area (Å²) in [5.74, 6) is -0.189. The lowest BCUT2D eigenvalue weighted by Gasteiger charge is -2.06. The number of nitriles is 1. The second-order valence-corrected chi connectivity index (χ2v) is 3.10. The van der Waals surface area contributed by atoms with Crippen LogP contribution in [0.2, 0.25) is 0 Å². The summed E-state index contributed by atoms with van der Waals surface area (Å²) in [7, 11) is 0. The van der Waals surface area contributed by atoms with E-state index in [1.54, 1.807) is 0 Å². The van der Waals surface area contributed by atoms with Crippen molar-refractivity contribution in [1.82, 2.24) is 4.98 Å². The molecule has 68 valence electrons. The molecule has 0 bridgehead atoms. The van der Waals surface area contributed by atoms with Crippen molar-refractivity contribution >= 4 is 0 Å². The van der Waals surface area contributed by atoms with Gasteiger partial charge in [0.15, 0.2) is 0 Å². The number of hydrogen-bond donors (Lipinski definition) is 1. The molecule has 2 nitrogen and oxygen atoms in total. The average molecular weight is 182 g/mol. The van der Waals surface area contributed by atoms with Crippen LogP contribution in [0.3, 0.4) is 0 Å². The zero-order valence-corrected chi connectivity index (χ0v) is 7.64. The van der Waals surface area contributed by atoms with Crippen molar-refractivity contribution in [3.8, 4) is 6.07 Å². The third kappa shape index (κ3) is 1.53. The zero-order valence-electron chi connectivity index (χ0n) is 7.64. The standard InChI is InChI=1S/C12H10N2/c13-9-11(12-7-4-8-14-12)10-5-2-1-3-6-10/h1-8,11,14H. The van der Waals surface area contributed by atoms with Crippen LogP contribution >= 0.6 is 0 Å². The highest BCUT2D eigenvalue weighted by molar-refractivity contribution is 5.34. The normalized spacial score (nSPS) is 11.9. The molecule has 1 atom stereocenters. The predicted molar refractivity (Wildman–Crippen MR) is 54.7 cm³/mol. The molecule has 0 radical (unpaired) electrons. The van der Waals surface area contributed by atoms with Crippen molar-refractivity contribution in [3.63, 3.8) is 0 Å². The number of H-pyrrole nitrogens is 1.